The zero-order valence-corrected chi connectivity index (χ0v) is 9.50. The number of hydrogen-bond acceptors (Lipinski definition) is 2. The molecular formula is C13H20O2. The van der Waals surface area contributed by atoms with E-state index >= 15 is 0 Å². The average Bonchev–Trinajstić information content (AvgIpc) is 2.71. The third-order valence-electron chi connectivity index (χ3n) is 3.65. The maximum absolute atomic E-state index is 11.4. The van der Waals surface area contributed by atoms with E-state index < -0.39 is 0 Å². The summed E-state index contributed by atoms with van der Waals surface area (Å²) in [6, 6.07) is 0. The summed E-state index contributed by atoms with van der Waals surface area (Å²) < 4.78 is 5.62. The molecule has 1 atom stereocenters. The van der Waals surface area contributed by atoms with Gasteiger partial charge in [0.1, 0.15) is 5.76 Å². The predicted octanol–water partition coefficient (Wildman–Crippen LogP) is 3.08. The maximum Gasteiger partial charge on any atom is 0.159 e. The molecule has 15 heavy (non-hydrogen) atoms. The molecule has 2 aliphatic rings. The van der Waals surface area contributed by atoms with E-state index in [1.807, 2.05) is 6.92 Å². The summed E-state index contributed by atoms with van der Waals surface area (Å²) >= 11 is 0. The van der Waals surface area contributed by atoms with E-state index in [0.717, 1.165) is 24.5 Å². The van der Waals surface area contributed by atoms with Crippen molar-refractivity contribution in [2.45, 2.75) is 45.4 Å². The predicted molar refractivity (Wildman–Crippen MR) is 59.4 cm³/mol. The van der Waals surface area contributed by atoms with Gasteiger partial charge in [-0.2, -0.15) is 0 Å². The lowest BCUT2D eigenvalue weighted by atomic mass is 9.81. The van der Waals surface area contributed by atoms with Gasteiger partial charge in [0.05, 0.1) is 6.61 Å². The zero-order valence-electron chi connectivity index (χ0n) is 9.50. The van der Waals surface area contributed by atoms with Crippen LogP contribution in [0.3, 0.4) is 0 Å². The largest absolute Gasteiger partial charge is 0.498 e. The standard InChI is InChI=1S/C13H20O2/c1-2-15-13-9-11(14)7-8-12(13)10-5-3-4-6-10/h9-10,12H,2-8H2,1H3. The van der Waals surface area contributed by atoms with Crippen LogP contribution >= 0.6 is 0 Å². The van der Waals surface area contributed by atoms with Gasteiger partial charge in [0.25, 0.3) is 0 Å². The van der Waals surface area contributed by atoms with Crippen LogP contribution in [0.5, 0.6) is 0 Å². The van der Waals surface area contributed by atoms with E-state index in [0.29, 0.717) is 12.5 Å². The molecule has 0 aromatic carbocycles. The number of allylic oxidation sites excluding steroid dienone is 2. The first-order chi connectivity index (χ1) is 7.31. The summed E-state index contributed by atoms with van der Waals surface area (Å²) in [6.07, 6.45) is 8.83. The minimum Gasteiger partial charge on any atom is -0.498 e. The second-order valence-corrected chi connectivity index (χ2v) is 4.64. The second kappa shape index (κ2) is 4.82. The van der Waals surface area contributed by atoms with Crippen LogP contribution < -0.4 is 0 Å². The number of carbonyl (C=O) groups is 1. The van der Waals surface area contributed by atoms with Crippen LogP contribution in [0.2, 0.25) is 0 Å². The first kappa shape index (κ1) is 10.7. The molecule has 0 bridgehead atoms. The smallest absolute Gasteiger partial charge is 0.159 e. The molecule has 1 unspecified atom stereocenters. The van der Waals surface area contributed by atoms with E-state index in [4.69, 9.17) is 4.74 Å². The molecule has 1 fully saturated rings. The van der Waals surface area contributed by atoms with Crippen molar-refractivity contribution in [2.75, 3.05) is 6.61 Å². The molecule has 84 valence electrons. The van der Waals surface area contributed by atoms with Crippen molar-refractivity contribution in [3.05, 3.63) is 11.8 Å². The van der Waals surface area contributed by atoms with Crippen molar-refractivity contribution in [2.24, 2.45) is 11.8 Å². The summed E-state index contributed by atoms with van der Waals surface area (Å²) in [7, 11) is 0. The van der Waals surface area contributed by atoms with Crippen LogP contribution in [-0.2, 0) is 9.53 Å². The Morgan fingerprint density at radius 2 is 2.07 bits per heavy atom. The molecule has 2 rings (SSSR count). The third-order valence-corrected chi connectivity index (χ3v) is 3.65. The van der Waals surface area contributed by atoms with Crippen molar-refractivity contribution in [1.29, 1.82) is 0 Å². The van der Waals surface area contributed by atoms with Crippen molar-refractivity contribution in [3.63, 3.8) is 0 Å². The van der Waals surface area contributed by atoms with Gasteiger partial charge in [0.15, 0.2) is 5.78 Å². The Kier molecular flexibility index (Phi) is 3.45. The van der Waals surface area contributed by atoms with Gasteiger partial charge >= 0.3 is 0 Å². The Morgan fingerprint density at radius 1 is 1.33 bits per heavy atom. The van der Waals surface area contributed by atoms with Gasteiger partial charge in [0.2, 0.25) is 0 Å². The minimum atomic E-state index is 0.243. The van der Waals surface area contributed by atoms with E-state index in [2.05, 4.69) is 0 Å². The highest BCUT2D eigenvalue weighted by Crippen LogP contribution is 2.39. The molecule has 1 saturated carbocycles. The SMILES string of the molecule is CCOC1=CC(=O)CCC1C1CCCC1. The van der Waals surface area contributed by atoms with Gasteiger partial charge in [-0.05, 0) is 32.1 Å². The van der Waals surface area contributed by atoms with Crippen molar-refractivity contribution >= 4 is 5.78 Å². The van der Waals surface area contributed by atoms with E-state index in [9.17, 15) is 4.79 Å². The topological polar surface area (TPSA) is 26.3 Å². The second-order valence-electron chi connectivity index (χ2n) is 4.64. The first-order valence-electron chi connectivity index (χ1n) is 6.18. The molecule has 0 aliphatic heterocycles. The van der Waals surface area contributed by atoms with Gasteiger partial charge in [0, 0.05) is 18.4 Å². The van der Waals surface area contributed by atoms with Gasteiger partial charge in [-0.3, -0.25) is 4.79 Å². The number of carbonyl (C=O) groups excluding carboxylic acids is 1. The number of hydrogen-bond donors (Lipinski definition) is 0. The normalized spacial score (nSPS) is 27.9. The molecule has 0 aromatic heterocycles. The third kappa shape index (κ3) is 2.42. The van der Waals surface area contributed by atoms with Crippen LogP contribution in [0.25, 0.3) is 0 Å². The molecular weight excluding hydrogens is 188 g/mol. The van der Waals surface area contributed by atoms with Crippen LogP contribution in [0.15, 0.2) is 11.8 Å². The van der Waals surface area contributed by atoms with Crippen LogP contribution in [0, 0.1) is 11.8 Å². The molecule has 0 aromatic rings. The Morgan fingerprint density at radius 3 is 2.73 bits per heavy atom. The quantitative estimate of drug-likeness (QED) is 0.712. The summed E-state index contributed by atoms with van der Waals surface area (Å²) in [6.45, 7) is 2.67. The average molecular weight is 208 g/mol. The molecule has 0 saturated heterocycles. The summed E-state index contributed by atoms with van der Waals surface area (Å²) in [5.74, 6) is 2.52. The Bertz CT molecular complexity index is 262. The van der Waals surface area contributed by atoms with Gasteiger partial charge in [-0.15, -0.1) is 0 Å². The molecule has 0 heterocycles. The highest BCUT2D eigenvalue weighted by Gasteiger charge is 2.31. The van der Waals surface area contributed by atoms with Crippen LogP contribution in [0.1, 0.15) is 45.4 Å². The molecule has 0 N–H and O–H groups in total. The monoisotopic (exact) mass is 208 g/mol. The van der Waals surface area contributed by atoms with Gasteiger partial charge < -0.3 is 4.74 Å². The lowest BCUT2D eigenvalue weighted by molar-refractivity contribution is -0.115. The van der Waals surface area contributed by atoms with E-state index in [1.165, 1.54) is 25.7 Å². The molecule has 2 aliphatic carbocycles. The number of rotatable bonds is 3. The van der Waals surface area contributed by atoms with E-state index in [1.54, 1.807) is 6.08 Å². The summed E-state index contributed by atoms with van der Waals surface area (Å²) in [5, 5.41) is 0. The summed E-state index contributed by atoms with van der Waals surface area (Å²) in [5.41, 5.74) is 0. The first-order valence-corrected chi connectivity index (χ1v) is 6.18. The van der Waals surface area contributed by atoms with Crippen molar-refractivity contribution in [3.8, 4) is 0 Å². The minimum absolute atomic E-state index is 0.243. The highest BCUT2D eigenvalue weighted by molar-refractivity contribution is 5.91. The lowest BCUT2D eigenvalue weighted by Gasteiger charge is -2.28. The number of ketones is 1. The van der Waals surface area contributed by atoms with E-state index in [-0.39, 0.29) is 5.78 Å². The van der Waals surface area contributed by atoms with Gasteiger partial charge in [-0.1, -0.05) is 12.8 Å². The zero-order chi connectivity index (χ0) is 10.7. The molecule has 2 heteroatoms. The Balaban J connectivity index is 2.08. The van der Waals surface area contributed by atoms with Crippen LogP contribution in [-0.4, -0.2) is 12.4 Å². The fourth-order valence-corrected chi connectivity index (χ4v) is 2.92. The van der Waals surface area contributed by atoms with Crippen molar-refractivity contribution in [1.82, 2.24) is 0 Å². The van der Waals surface area contributed by atoms with Crippen LogP contribution in [0.4, 0.5) is 0 Å². The summed E-state index contributed by atoms with van der Waals surface area (Å²) in [4.78, 5) is 11.4. The van der Waals surface area contributed by atoms with Gasteiger partial charge in [-0.25, -0.2) is 0 Å². The number of ether oxygens (including phenoxy) is 1. The maximum atomic E-state index is 11.4. The fourth-order valence-electron chi connectivity index (χ4n) is 2.92. The molecule has 0 spiro atoms. The molecule has 2 nitrogen and oxygen atoms in total. The Hall–Kier alpha value is -0.790. The molecule has 0 amide bonds. The van der Waals surface area contributed by atoms with Crippen molar-refractivity contribution < 1.29 is 9.53 Å². The highest BCUT2D eigenvalue weighted by atomic mass is 16.5. The lowest BCUT2D eigenvalue weighted by Crippen LogP contribution is -2.22. The Labute approximate surface area is 91.7 Å². The molecule has 0 radical (unpaired) electrons. The fraction of sp³-hybridized carbons (Fsp3) is 0.769.